The molecule has 30 heavy (non-hydrogen) atoms. The Balaban J connectivity index is 3.07. The van der Waals surface area contributed by atoms with E-state index in [2.05, 4.69) is 46.0 Å². The Bertz CT molecular complexity index is 567. The highest BCUT2D eigenvalue weighted by Crippen LogP contribution is 2.43. The first kappa shape index (κ1) is 27.0. The molecule has 0 bridgehead atoms. The number of aliphatic hydroxyl groups excluding tert-OH is 1. The minimum absolute atomic E-state index is 0.0303. The van der Waals surface area contributed by atoms with Crippen LogP contribution < -0.4 is 0 Å². The fourth-order valence-electron chi connectivity index (χ4n) is 3.56. The first-order chi connectivity index (χ1) is 14.0. The summed E-state index contributed by atoms with van der Waals surface area (Å²) in [5.74, 6) is -0.569. The van der Waals surface area contributed by atoms with E-state index in [-0.39, 0.29) is 42.5 Å². The average molecular weight is 443 g/mol. The van der Waals surface area contributed by atoms with Crippen LogP contribution in [-0.4, -0.2) is 57.2 Å². The predicted octanol–water partition coefficient (Wildman–Crippen LogP) is 4.75. The SMILES string of the molecule is COCO[C@@H]1C[C@@H]([C@H](/C=C/C(=O)O)O[Si](C)(C)C(C)(C)C)[C@H](/C=C/CCCCO)C1. The van der Waals surface area contributed by atoms with Gasteiger partial charge in [0.2, 0.25) is 0 Å². The van der Waals surface area contributed by atoms with Crippen LogP contribution in [-0.2, 0) is 18.7 Å². The molecule has 6 nitrogen and oxygen atoms in total. The lowest BCUT2D eigenvalue weighted by atomic mass is 9.90. The number of unbranched alkanes of at least 4 members (excludes halogenated alkanes) is 2. The van der Waals surface area contributed by atoms with Crippen molar-refractivity contribution in [2.75, 3.05) is 20.5 Å². The molecule has 0 aromatic carbocycles. The Morgan fingerprint density at radius 2 is 1.93 bits per heavy atom. The molecule has 1 aliphatic rings. The number of aliphatic hydroxyl groups is 1. The highest BCUT2D eigenvalue weighted by atomic mass is 28.4. The number of allylic oxidation sites excluding steroid dienone is 2. The van der Waals surface area contributed by atoms with Crippen LogP contribution in [0.15, 0.2) is 24.3 Å². The lowest BCUT2D eigenvalue weighted by Gasteiger charge is -2.41. The second-order valence-corrected chi connectivity index (χ2v) is 14.4. The number of hydrogen-bond donors (Lipinski definition) is 2. The molecule has 2 N–H and O–H groups in total. The third kappa shape index (κ3) is 9.02. The van der Waals surface area contributed by atoms with Crippen molar-refractivity contribution in [3.8, 4) is 0 Å². The van der Waals surface area contributed by atoms with Crippen molar-refractivity contribution in [3.63, 3.8) is 0 Å². The van der Waals surface area contributed by atoms with Crippen LogP contribution >= 0.6 is 0 Å². The van der Waals surface area contributed by atoms with Gasteiger partial charge in [-0.25, -0.2) is 4.79 Å². The molecule has 1 aliphatic carbocycles. The molecule has 0 aromatic rings. The molecule has 0 heterocycles. The summed E-state index contributed by atoms with van der Waals surface area (Å²) in [4.78, 5) is 11.2. The van der Waals surface area contributed by atoms with Crippen LogP contribution in [0.5, 0.6) is 0 Å². The highest BCUT2D eigenvalue weighted by molar-refractivity contribution is 6.74. The molecule has 0 unspecified atom stereocenters. The first-order valence-corrected chi connectivity index (χ1v) is 13.9. The molecular formula is C23H42O6Si. The summed E-state index contributed by atoms with van der Waals surface area (Å²) in [6.07, 6.45) is 11.5. The molecule has 0 spiro atoms. The fourth-order valence-corrected chi connectivity index (χ4v) is 4.85. The summed E-state index contributed by atoms with van der Waals surface area (Å²) in [6.45, 7) is 11.4. The van der Waals surface area contributed by atoms with Gasteiger partial charge in [-0.2, -0.15) is 0 Å². The van der Waals surface area contributed by atoms with Gasteiger partial charge in [-0.3, -0.25) is 0 Å². The van der Waals surface area contributed by atoms with Crippen molar-refractivity contribution in [2.24, 2.45) is 11.8 Å². The largest absolute Gasteiger partial charge is 0.478 e. The van der Waals surface area contributed by atoms with Crippen molar-refractivity contribution in [1.82, 2.24) is 0 Å². The summed E-state index contributed by atoms with van der Waals surface area (Å²) in [5, 5.41) is 18.2. The molecule has 7 heteroatoms. The quantitative estimate of drug-likeness (QED) is 0.141. The molecule has 0 saturated heterocycles. The minimum atomic E-state index is -2.09. The summed E-state index contributed by atoms with van der Waals surface area (Å²) in [5.41, 5.74) is 0. The molecule has 174 valence electrons. The van der Waals surface area contributed by atoms with Gasteiger partial charge in [0.1, 0.15) is 6.79 Å². The van der Waals surface area contributed by atoms with Gasteiger partial charge in [0.05, 0.1) is 12.2 Å². The van der Waals surface area contributed by atoms with Crippen LogP contribution in [0.3, 0.4) is 0 Å². The van der Waals surface area contributed by atoms with E-state index in [1.54, 1.807) is 13.2 Å². The zero-order valence-electron chi connectivity index (χ0n) is 19.6. The van der Waals surface area contributed by atoms with Crippen LogP contribution in [0.1, 0.15) is 52.9 Å². The van der Waals surface area contributed by atoms with Crippen molar-refractivity contribution in [3.05, 3.63) is 24.3 Å². The van der Waals surface area contributed by atoms with Crippen molar-refractivity contribution in [2.45, 2.75) is 83.2 Å². The summed E-state index contributed by atoms with van der Waals surface area (Å²) in [7, 11) is -0.480. The maximum absolute atomic E-state index is 11.2. The zero-order valence-corrected chi connectivity index (χ0v) is 20.6. The second kappa shape index (κ2) is 12.8. The van der Waals surface area contributed by atoms with Crippen LogP contribution in [0.25, 0.3) is 0 Å². The summed E-state index contributed by atoms with van der Waals surface area (Å²) >= 11 is 0. The summed E-state index contributed by atoms with van der Waals surface area (Å²) in [6, 6.07) is 0. The number of ether oxygens (including phenoxy) is 2. The van der Waals surface area contributed by atoms with Crippen LogP contribution in [0.4, 0.5) is 0 Å². The van der Waals surface area contributed by atoms with Gasteiger partial charge >= 0.3 is 5.97 Å². The number of aliphatic carboxylic acids is 1. The summed E-state index contributed by atoms with van der Waals surface area (Å²) < 4.78 is 17.6. The number of hydrogen-bond acceptors (Lipinski definition) is 5. The lowest BCUT2D eigenvalue weighted by Crippen LogP contribution is -2.45. The van der Waals surface area contributed by atoms with Crippen molar-refractivity contribution < 1.29 is 28.9 Å². The van der Waals surface area contributed by atoms with E-state index in [0.717, 1.165) is 32.1 Å². The Morgan fingerprint density at radius 3 is 2.50 bits per heavy atom. The number of methoxy groups -OCH3 is 1. The van der Waals surface area contributed by atoms with Crippen LogP contribution in [0, 0.1) is 11.8 Å². The predicted molar refractivity (Wildman–Crippen MR) is 122 cm³/mol. The zero-order chi connectivity index (χ0) is 22.8. The van der Waals surface area contributed by atoms with E-state index in [1.807, 2.05) is 0 Å². The first-order valence-electron chi connectivity index (χ1n) is 11.0. The van der Waals surface area contributed by atoms with Crippen molar-refractivity contribution >= 4 is 14.3 Å². The number of rotatable bonds is 13. The lowest BCUT2D eigenvalue weighted by molar-refractivity contribution is -0.131. The maximum atomic E-state index is 11.2. The highest BCUT2D eigenvalue weighted by Gasteiger charge is 2.44. The third-order valence-corrected chi connectivity index (χ3v) is 10.8. The van der Waals surface area contributed by atoms with Gasteiger partial charge in [-0.05, 0) is 68.1 Å². The number of carbonyl (C=O) groups is 1. The molecule has 0 radical (unpaired) electrons. The Morgan fingerprint density at radius 1 is 1.23 bits per heavy atom. The standard InChI is InChI=1S/C23H42O6Si/c1-23(2,3)30(5,6)29-21(12-13-22(25)26)20-16-19(28-17-27-4)15-18(20)11-9-7-8-10-14-24/h9,11-13,18-21,24H,7-8,10,14-17H2,1-6H3,(H,25,26)/b11-9+,13-12+/t18-,19+,20-,21+/m1/s1. The molecule has 1 saturated carbocycles. The molecule has 0 aliphatic heterocycles. The molecule has 1 fully saturated rings. The topological polar surface area (TPSA) is 85.2 Å². The Labute approximate surface area is 183 Å². The Hall–Kier alpha value is -0.993. The van der Waals surface area contributed by atoms with Gasteiger partial charge in [-0.15, -0.1) is 0 Å². The minimum Gasteiger partial charge on any atom is -0.478 e. The van der Waals surface area contributed by atoms with E-state index in [4.69, 9.17) is 19.0 Å². The molecule has 4 atom stereocenters. The van der Waals surface area contributed by atoms with Gasteiger partial charge in [0, 0.05) is 19.8 Å². The fraction of sp³-hybridized carbons (Fsp3) is 0.783. The van der Waals surface area contributed by atoms with Crippen LogP contribution in [0.2, 0.25) is 18.1 Å². The van der Waals surface area contributed by atoms with Gasteiger partial charge < -0.3 is 24.1 Å². The molecular weight excluding hydrogens is 400 g/mol. The van der Waals surface area contributed by atoms with E-state index in [9.17, 15) is 9.90 Å². The van der Waals surface area contributed by atoms with E-state index >= 15 is 0 Å². The van der Waals surface area contributed by atoms with E-state index in [0.29, 0.717) is 0 Å². The smallest absolute Gasteiger partial charge is 0.328 e. The van der Waals surface area contributed by atoms with Gasteiger partial charge in [0.25, 0.3) is 0 Å². The van der Waals surface area contributed by atoms with Gasteiger partial charge in [0.15, 0.2) is 8.32 Å². The maximum Gasteiger partial charge on any atom is 0.328 e. The molecule has 0 aromatic heterocycles. The van der Waals surface area contributed by atoms with E-state index < -0.39 is 14.3 Å². The number of carboxylic acid groups (broad SMARTS) is 1. The number of carboxylic acids is 1. The van der Waals surface area contributed by atoms with Crippen molar-refractivity contribution in [1.29, 1.82) is 0 Å². The van der Waals surface area contributed by atoms with E-state index in [1.165, 1.54) is 6.08 Å². The molecule has 1 rings (SSSR count). The average Bonchev–Trinajstić information content (AvgIpc) is 3.05. The monoisotopic (exact) mass is 442 g/mol. The third-order valence-electron chi connectivity index (χ3n) is 6.29. The molecule has 0 amide bonds. The normalized spacial score (nSPS) is 24.2. The Kier molecular flexibility index (Phi) is 11.5. The second-order valence-electron chi connectivity index (χ2n) is 9.68. The van der Waals surface area contributed by atoms with Gasteiger partial charge in [-0.1, -0.05) is 32.9 Å².